The Balaban J connectivity index is 1.87. The molecule has 2 atom stereocenters. The van der Waals surface area contributed by atoms with Crippen molar-refractivity contribution in [1.82, 2.24) is 20.8 Å². The summed E-state index contributed by atoms with van der Waals surface area (Å²) in [5.41, 5.74) is 1.61. The molecule has 0 aliphatic carbocycles. The number of benzene rings is 2. The second-order valence-electron chi connectivity index (χ2n) is 6.22. The molecule has 2 amide bonds. The maximum atomic E-state index is 12.4. The Bertz CT molecular complexity index is 881. The van der Waals surface area contributed by atoms with Crippen LogP contribution in [0.4, 0.5) is 4.79 Å². The minimum atomic E-state index is -0.552. The van der Waals surface area contributed by atoms with E-state index in [0.717, 1.165) is 17.5 Å². The fraction of sp³-hybridized carbons (Fsp3) is 0.250. The van der Waals surface area contributed by atoms with Gasteiger partial charge in [-0.1, -0.05) is 48.9 Å². The van der Waals surface area contributed by atoms with Gasteiger partial charge < -0.3 is 15.1 Å². The molecule has 0 saturated heterocycles. The molecule has 0 bridgehead atoms. The first-order valence-electron chi connectivity index (χ1n) is 8.78. The number of nitrogens with zero attached hydrogens (tertiary/aromatic N) is 2. The van der Waals surface area contributed by atoms with Crippen molar-refractivity contribution >= 4 is 17.6 Å². The fourth-order valence-corrected chi connectivity index (χ4v) is 2.62. The van der Waals surface area contributed by atoms with Crippen LogP contribution in [0.2, 0.25) is 5.02 Å². The molecule has 2 unspecified atom stereocenters. The zero-order valence-electron chi connectivity index (χ0n) is 15.1. The Morgan fingerprint density at radius 2 is 1.78 bits per heavy atom. The van der Waals surface area contributed by atoms with Gasteiger partial charge in [-0.05, 0) is 43.2 Å². The monoisotopic (exact) mass is 384 g/mol. The first-order valence-corrected chi connectivity index (χ1v) is 9.16. The van der Waals surface area contributed by atoms with Crippen molar-refractivity contribution in [2.24, 2.45) is 0 Å². The Morgan fingerprint density at radius 1 is 1.07 bits per heavy atom. The van der Waals surface area contributed by atoms with Gasteiger partial charge in [0.25, 0.3) is 0 Å². The summed E-state index contributed by atoms with van der Waals surface area (Å²) in [6, 6.07) is 15.9. The molecular weight excluding hydrogens is 364 g/mol. The van der Waals surface area contributed by atoms with Crippen molar-refractivity contribution in [2.45, 2.75) is 32.4 Å². The van der Waals surface area contributed by atoms with Gasteiger partial charge in [0.1, 0.15) is 6.04 Å². The zero-order valence-corrected chi connectivity index (χ0v) is 15.9. The molecule has 1 aromatic heterocycles. The number of carbonyl (C=O) groups is 1. The maximum absolute atomic E-state index is 12.4. The quantitative estimate of drug-likeness (QED) is 0.652. The van der Waals surface area contributed by atoms with Crippen LogP contribution in [-0.2, 0) is 0 Å². The summed E-state index contributed by atoms with van der Waals surface area (Å²) in [6.45, 7) is 3.96. The van der Waals surface area contributed by atoms with E-state index >= 15 is 0 Å². The van der Waals surface area contributed by atoms with Gasteiger partial charge in [-0.15, -0.1) is 10.2 Å². The first-order chi connectivity index (χ1) is 13.1. The predicted octanol–water partition coefficient (Wildman–Crippen LogP) is 4.58. The molecule has 2 N–H and O–H groups in total. The predicted molar refractivity (Wildman–Crippen MR) is 104 cm³/mol. The second-order valence-corrected chi connectivity index (χ2v) is 6.66. The molecule has 140 valence electrons. The molecule has 0 saturated carbocycles. The molecule has 0 aliphatic heterocycles. The first kappa shape index (κ1) is 18.9. The Kier molecular flexibility index (Phi) is 6.08. The lowest BCUT2D eigenvalue weighted by atomic mass is 10.1. The van der Waals surface area contributed by atoms with Gasteiger partial charge in [0, 0.05) is 16.6 Å². The smallest absolute Gasteiger partial charge is 0.315 e. The van der Waals surface area contributed by atoms with Gasteiger partial charge in [-0.3, -0.25) is 0 Å². The highest BCUT2D eigenvalue weighted by atomic mass is 35.5. The number of carbonyl (C=O) groups excluding carboxylic acids is 1. The summed E-state index contributed by atoms with van der Waals surface area (Å²) in [4.78, 5) is 12.4. The highest BCUT2D eigenvalue weighted by Gasteiger charge is 2.23. The Labute approximate surface area is 163 Å². The highest BCUT2D eigenvalue weighted by molar-refractivity contribution is 6.30. The number of urea groups is 1. The lowest BCUT2D eigenvalue weighted by Crippen LogP contribution is -2.42. The highest BCUT2D eigenvalue weighted by Crippen LogP contribution is 2.25. The van der Waals surface area contributed by atoms with Crippen LogP contribution in [0.3, 0.4) is 0 Å². The number of halogens is 1. The van der Waals surface area contributed by atoms with Crippen LogP contribution in [-0.4, -0.2) is 22.3 Å². The van der Waals surface area contributed by atoms with Gasteiger partial charge in [0.05, 0.1) is 0 Å². The molecule has 3 aromatic rings. The normalized spacial score (nSPS) is 13.0. The number of hydrogen-bond donors (Lipinski definition) is 2. The van der Waals surface area contributed by atoms with Gasteiger partial charge in [0.15, 0.2) is 0 Å². The lowest BCUT2D eigenvalue weighted by Gasteiger charge is -2.18. The molecule has 2 aromatic carbocycles. The summed E-state index contributed by atoms with van der Waals surface area (Å²) in [7, 11) is 0. The Morgan fingerprint density at radius 3 is 2.44 bits per heavy atom. The number of aromatic nitrogens is 2. The van der Waals surface area contributed by atoms with E-state index in [9.17, 15) is 4.79 Å². The van der Waals surface area contributed by atoms with Crippen molar-refractivity contribution in [1.29, 1.82) is 0 Å². The minimum Gasteiger partial charge on any atom is -0.418 e. The number of hydrogen-bond acceptors (Lipinski definition) is 4. The van der Waals surface area contributed by atoms with E-state index in [0.29, 0.717) is 16.8 Å². The van der Waals surface area contributed by atoms with Gasteiger partial charge in [-0.25, -0.2) is 4.79 Å². The SMILES string of the molecule is CCC(C)NC(=O)NC(c1ccccc1)c1nnc(-c2ccc(Cl)cc2)o1. The number of nitrogens with one attached hydrogen (secondary N) is 2. The van der Waals surface area contributed by atoms with Crippen molar-refractivity contribution < 1.29 is 9.21 Å². The molecule has 0 aliphatic rings. The van der Waals surface area contributed by atoms with E-state index in [-0.39, 0.29) is 12.1 Å². The van der Waals surface area contributed by atoms with E-state index in [1.165, 1.54) is 0 Å². The molecule has 6 nitrogen and oxygen atoms in total. The standard InChI is InChI=1S/C20H21ClN4O2/c1-3-13(2)22-20(26)23-17(14-7-5-4-6-8-14)19-25-24-18(27-19)15-9-11-16(21)12-10-15/h4-13,17H,3H2,1-2H3,(H2,22,23,26). The maximum Gasteiger partial charge on any atom is 0.315 e. The third-order valence-corrected chi connectivity index (χ3v) is 4.43. The van der Waals surface area contributed by atoms with Gasteiger partial charge in [0.2, 0.25) is 11.8 Å². The molecule has 0 radical (unpaired) electrons. The van der Waals surface area contributed by atoms with Crippen LogP contribution in [0, 0.1) is 0 Å². The number of amides is 2. The molecule has 7 heteroatoms. The van der Waals surface area contributed by atoms with Crippen LogP contribution >= 0.6 is 11.6 Å². The second kappa shape index (κ2) is 8.68. The number of rotatable bonds is 6. The molecule has 27 heavy (non-hydrogen) atoms. The third-order valence-electron chi connectivity index (χ3n) is 4.18. The Hall–Kier alpha value is -2.86. The van der Waals surface area contributed by atoms with E-state index in [1.807, 2.05) is 44.2 Å². The molecular formula is C20H21ClN4O2. The van der Waals surface area contributed by atoms with Crippen molar-refractivity contribution in [3.05, 3.63) is 71.1 Å². The molecule has 0 spiro atoms. The van der Waals surface area contributed by atoms with Crippen LogP contribution in [0.25, 0.3) is 11.5 Å². The third kappa shape index (κ3) is 4.86. The van der Waals surface area contributed by atoms with Crippen LogP contribution in [0.5, 0.6) is 0 Å². The largest absolute Gasteiger partial charge is 0.418 e. The van der Waals surface area contributed by atoms with Gasteiger partial charge >= 0.3 is 6.03 Å². The topological polar surface area (TPSA) is 80.0 Å². The van der Waals surface area contributed by atoms with E-state index < -0.39 is 6.04 Å². The summed E-state index contributed by atoms with van der Waals surface area (Å²) in [6.07, 6.45) is 0.838. The minimum absolute atomic E-state index is 0.0636. The van der Waals surface area contributed by atoms with Crippen LogP contribution < -0.4 is 10.6 Å². The van der Waals surface area contributed by atoms with Gasteiger partial charge in [-0.2, -0.15) is 0 Å². The van der Waals surface area contributed by atoms with Crippen molar-refractivity contribution in [2.75, 3.05) is 0 Å². The van der Waals surface area contributed by atoms with Crippen molar-refractivity contribution in [3.8, 4) is 11.5 Å². The van der Waals surface area contributed by atoms with Crippen molar-refractivity contribution in [3.63, 3.8) is 0 Å². The summed E-state index contributed by atoms with van der Waals surface area (Å²) in [5.74, 6) is 0.678. The summed E-state index contributed by atoms with van der Waals surface area (Å²) in [5, 5.41) is 14.7. The average Bonchev–Trinajstić information content (AvgIpc) is 3.17. The lowest BCUT2D eigenvalue weighted by molar-refractivity contribution is 0.233. The van der Waals surface area contributed by atoms with Crippen LogP contribution in [0.15, 0.2) is 59.0 Å². The summed E-state index contributed by atoms with van der Waals surface area (Å²) >= 11 is 5.92. The summed E-state index contributed by atoms with van der Waals surface area (Å²) < 4.78 is 5.85. The van der Waals surface area contributed by atoms with E-state index in [1.54, 1.807) is 24.3 Å². The fourth-order valence-electron chi connectivity index (χ4n) is 2.49. The van der Waals surface area contributed by atoms with Crippen LogP contribution in [0.1, 0.15) is 37.8 Å². The molecule has 1 heterocycles. The molecule has 3 rings (SSSR count). The average molecular weight is 385 g/mol. The van der Waals surface area contributed by atoms with E-state index in [4.69, 9.17) is 16.0 Å². The van der Waals surface area contributed by atoms with E-state index in [2.05, 4.69) is 20.8 Å². The molecule has 0 fully saturated rings. The zero-order chi connectivity index (χ0) is 19.2.